The summed E-state index contributed by atoms with van der Waals surface area (Å²) in [4.78, 5) is 17.9. The molecule has 1 amide bonds. The van der Waals surface area contributed by atoms with Gasteiger partial charge in [-0.05, 0) is 25.1 Å². The third kappa shape index (κ3) is 3.55. The summed E-state index contributed by atoms with van der Waals surface area (Å²) in [5, 5.41) is 3.87. The molecule has 0 spiro atoms. The van der Waals surface area contributed by atoms with E-state index in [1.165, 1.54) is 0 Å². The van der Waals surface area contributed by atoms with Crippen molar-refractivity contribution in [2.75, 3.05) is 19.4 Å². The second kappa shape index (κ2) is 6.63. The molecule has 1 heterocycles. The zero-order valence-electron chi connectivity index (χ0n) is 12.4. The second-order valence-corrected chi connectivity index (χ2v) is 5.35. The smallest absolute Gasteiger partial charge is 0.255 e. The Hall–Kier alpha value is -2.01. The molecule has 21 heavy (non-hydrogen) atoms. The molecule has 0 atom stereocenters. The number of anilines is 1. The van der Waals surface area contributed by atoms with E-state index in [9.17, 15) is 4.79 Å². The quantitative estimate of drug-likeness (QED) is 0.924. The number of benzene rings is 1. The fourth-order valence-electron chi connectivity index (χ4n) is 2.06. The number of nitrogens with zero attached hydrogens (tertiary/aromatic N) is 3. The number of aromatic nitrogens is 2. The number of hydrogen-bond donors (Lipinski definition) is 1. The number of carbonyl (C=O) groups is 1. The molecule has 5 nitrogen and oxygen atoms in total. The predicted octanol–water partition coefficient (Wildman–Crippen LogP) is 2.87. The average Bonchev–Trinajstić information content (AvgIpc) is 2.91. The Morgan fingerprint density at radius 2 is 2.19 bits per heavy atom. The average molecular weight is 307 g/mol. The van der Waals surface area contributed by atoms with Crippen molar-refractivity contribution in [1.29, 1.82) is 0 Å². The van der Waals surface area contributed by atoms with Gasteiger partial charge in [0.25, 0.3) is 5.91 Å². The molecule has 2 rings (SSSR count). The van der Waals surface area contributed by atoms with Crippen molar-refractivity contribution in [3.63, 3.8) is 0 Å². The number of nitrogens with one attached hydrogen (secondary N) is 1. The summed E-state index contributed by atoms with van der Waals surface area (Å²) in [7, 11) is 3.46. The number of rotatable bonds is 5. The van der Waals surface area contributed by atoms with Gasteiger partial charge < -0.3 is 14.8 Å². The van der Waals surface area contributed by atoms with E-state index in [2.05, 4.69) is 17.2 Å². The third-order valence-corrected chi connectivity index (χ3v) is 3.45. The van der Waals surface area contributed by atoms with Crippen LogP contribution < -0.4 is 5.32 Å². The van der Waals surface area contributed by atoms with Crippen molar-refractivity contribution in [3.8, 4) is 0 Å². The van der Waals surface area contributed by atoms with Crippen LogP contribution in [0.4, 0.5) is 5.69 Å². The molecule has 0 saturated carbocycles. The van der Waals surface area contributed by atoms with Gasteiger partial charge in [0.1, 0.15) is 0 Å². The first-order valence-corrected chi connectivity index (χ1v) is 7.14. The lowest BCUT2D eigenvalue weighted by Gasteiger charge is -2.16. The van der Waals surface area contributed by atoms with Gasteiger partial charge >= 0.3 is 0 Å². The molecule has 0 aliphatic rings. The summed E-state index contributed by atoms with van der Waals surface area (Å²) in [6.07, 6.45) is 3.61. The van der Waals surface area contributed by atoms with Crippen LogP contribution in [0.1, 0.15) is 23.0 Å². The van der Waals surface area contributed by atoms with Gasteiger partial charge in [0, 0.05) is 37.5 Å². The van der Waals surface area contributed by atoms with Crippen LogP contribution in [0, 0.1) is 0 Å². The van der Waals surface area contributed by atoms with Crippen molar-refractivity contribution in [2.24, 2.45) is 0 Å². The minimum absolute atomic E-state index is 0.0573. The molecule has 0 saturated heterocycles. The van der Waals surface area contributed by atoms with E-state index in [1.54, 1.807) is 43.5 Å². The maximum Gasteiger partial charge on any atom is 0.255 e. The van der Waals surface area contributed by atoms with Gasteiger partial charge in [-0.25, -0.2) is 4.98 Å². The third-order valence-electron chi connectivity index (χ3n) is 3.22. The summed E-state index contributed by atoms with van der Waals surface area (Å²) in [6.45, 7) is 3.50. The maximum absolute atomic E-state index is 12.2. The molecule has 1 N–H and O–H groups in total. The number of hydrogen-bond acceptors (Lipinski definition) is 3. The predicted molar refractivity (Wildman–Crippen MR) is 84.7 cm³/mol. The number of carbonyl (C=O) groups excluding carboxylic acids is 1. The Morgan fingerprint density at radius 1 is 1.43 bits per heavy atom. The van der Waals surface area contributed by atoms with Crippen LogP contribution in [0.15, 0.2) is 30.7 Å². The number of amides is 1. The second-order valence-electron chi connectivity index (χ2n) is 4.91. The normalized spacial score (nSPS) is 10.5. The molecule has 1 aromatic heterocycles. The van der Waals surface area contributed by atoms with Crippen LogP contribution in [0.3, 0.4) is 0 Å². The Labute approximate surface area is 129 Å². The highest BCUT2D eigenvalue weighted by Crippen LogP contribution is 2.22. The van der Waals surface area contributed by atoms with Gasteiger partial charge in [0.2, 0.25) is 0 Å². The standard InChI is InChI=1S/C15H19ClN4O/c1-4-20-10-17-8-12(20)9-18-14-7-11(16)5-6-13(14)15(21)19(2)3/h5-8,10,18H,4,9H2,1-3H3. The summed E-state index contributed by atoms with van der Waals surface area (Å²) < 4.78 is 2.05. The minimum Gasteiger partial charge on any atom is -0.379 e. The lowest BCUT2D eigenvalue weighted by atomic mass is 10.1. The van der Waals surface area contributed by atoms with Crippen molar-refractivity contribution < 1.29 is 4.79 Å². The number of halogens is 1. The van der Waals surface area contributed by atoms with E-state index < -0.39 is 0 Å². The molecule has 0 aliphatic carbocycles. The van der Waals surface area contributed by atoms with Crippen molar-refractivity contribution in [2.45, 2.75) is 20.0 Å². The zero-order chi connectivity index (χ0) is 15.4. The topological polar surface area (TPSA) is 50.2 Å². The van der Waals surface area contributed by atoms with Crippen molar-refractivity contribution in [1.82, 2.24) is 14.5 Å². The first-order chi connectivity index (χ1) is 10.0. The van der Waals surface area contributed by atoms with Gasteiger partial charge in [-0.3, -0.25) is 4.79 Å². The van der Waals surface area contributed by atoms with E-state index in [0.29, 0.717) is 17.1 Å². The van der Waals surface area contributed by atoms with Gasteiger partial charge in [0.15, 0.2) is 0 Å². The van der Waals surface area contributed by atoms with E-state index in [4.69, 9.17) is 11.6 Å². The van der Waals surface area contributed by atoms with E-state index in [0.717, 1.165) is 17.9 Å². The summed E-state index contributed by atoms with van der Waals surface area (Å²) in [5.41, 5.74) is 2.39. The Kier molecular flexibility index (Phi) is 4.85. The van der Waals surface area contributed by atoms with Crippen LogP contribution in [-0.4, -0.2) is 34.5 Å². The Bertz CT molecular complexity index is 636. The first-order valence-electron chi connectivity index (χ1n) is 6.77. The van der Waals surface area contributed by atoms with Crippen LogP contribution in [0.2, 0.25) is 5.02 Å². The Morgan fingerprint density at radius 3 is 2.86 bits per heavy atom. The molecule has 112 valence electrons. The molecule has 0 unspecified atom stereocenters. The van der Waals surface area contributed by atoms with Crippen LogP contribution in [-0.2, 0) is 13.1 Å². The summed E-state index contributed by atoms with van der Waals surface area (Å²) in [5.74, 6) is -0.0573. The SMILES string of the molecule is CCn1cncc1CNc1cc(Cl)ccc1C(=O)N(C)C. The molecular weight excluding hydrogens is 288 g/mol. The Balaban J connectivity index is 2.22. The molecule has 0 radical (unpaired) electrons. The minimum atomic E-state index is -0.0573. The van der Waals surface area contributed by atoms with E-state index in [-0.39, 0.29) is 5.91 Å². The number of imidazole rings is 1. The zero-order valence-corrected chi connectivity index (χ0v) is 13.2. The molecule has 0 aliphatic heterocycles. The monoisotopic (exact) mass is 306 g/mol. The molecule has 0 fully saturated rings. The molecule has 0 bridgehead atoms. The highest BCUT2D eigenvalue weighted by atomic mass is 35.5. The lowest BCUT2D eigenvalue weighted by Crippen LogP contribution is -2.23. The fourth-order valence-corrected chi connectivity index (χ4v) is 2.23. The summed E-state index contributed by atoms with van der Waals surface area (Å²) in [6, 6.07) is 5.23. The van der Waals surface area contributed by atoms with Crippen molar-refractivity contribution >= 4 is 23.2 Å². The van der Waals surface area contributed by atoms with Gasteiger partial charge in [-0.1, -0.05) is 11.6 Å². The summed E-state index contributed by atoms with van der Waals surface area (Å²) >= 11 is 6.04. The fraction of sp³-hybridized carbons (Fsp3) is 0.333. The largest absolute Gasteiger partial charge is 0.379 e. The molecular formula is C15H19ClN4O. The highest BCUT2D eigenvalue weighted by Gasteiger charge is 2.14. The highest BCUT2D eigenvalue weighted by molar-refractivity contribution is 6.31. The van der Waals surface area contributed by atoms with Crippen LogP contribution in [0.5, 0.6) is 0 Å². The molecule has 1 aromatic carbocycles. The van der Waals surface area contributed by atoms with E-state index >= 15 is 0 Å². The van der Waals surface area contributed by atoms with Gasteiger partial charge in [0.05, 0.1) is 24.1 Å². The van der Waals surface area contributed by atoms with E-state index in [1.807, 2.05) is 10.8 Å². The van der Waals surface area contributed by atoms with Crippen LogP contribution >= 0.6 is 11.6 Å². The van der Waals surface area contributed by atoms with Crippen LogP contribution in [0.25, 0.3) is 0 Å². The molecule has 6 heteroatoms. The van der Waals surface area contributed by atoms with Gasteiger partial charge in [-0.2, -0.15) is 0 Å². The first kappa shape index (κ1) is 15.4. The number of aryl methyl sites for hydroxylation is 1. The molecule has 2 aromatic rings. The lowest BCUT2D eigenvalue weighted by molar-refractivity contribution is 0.0828. The maximum atomic E-state index is 12.2. The van der Waals surface area contributed by atoms with Gasteiger partial charge in [-0.15, -0.1) is 0 Å². The van der Waals surface area contributed by atoms with Crippen molar-refractivity contribution in [3.05, 3.63) is 47.0 Å².